The molecule has 6 rings (SSSR count). The summed E-state index contributed by atoms with van der Waals surface area (Å²) in [6.45, 7) is -5.73. The molecule has 0 aromatic heterocycles. The van der Waals surface area contributed by atoms with Crippen molar-refractivity contribution in [3.8, 4) is 0 Å². The molecule has 30 atom stereocenters. The van der Waals surface area contributed by atoms with Crippen molar-refractivity contribution in [1.82, 2.24) is 0 Å². The van der Waals surface area contributed by atoms with Crippen LogP contribution in [0.15, 0.2) is 0 Å². The van der Waals surface area contributed by atoms with Gasteiger partial charge in [-0.2, -0.15) is 0 Å². The largest absolute Gasteiger partial charge is 0.394 e. The summed E-state index contributed by atoms with van der Waals surface area (Å²) in [5.41, 5.74) is 0. The third-order valence-corrected chi connectivity index (χ3v) is 12.4. The van der Waals surface area contributed by atoms with E-state index in [0.29, 0.717) is 0 Å². The van der Waals surface area contributed by atoms with Crippen LogP contribution in [0.25, 0.3) is 0 Å². The van der Waals surface area contributed by atoms with Gasteiger partial charge in [0.05, 0.1) is 39.6 Å². The van der Waals surface area contributed by atoms with Crippen molar-refractivity contribution < 1.29 is 154 Å². The monoisotopic (exact) mass is 990 g/mol. The lowest BCUT2D eigenvalue weighted by molar-refractivity contribution is -0.400. The van der Waals surface area contributed by atoms with Crippen molar-refractivity contribution in [2.24, 2.45) is 0 Å². The van der Waals surface area contributed by atoms with Crippen LogP contribution in [0, 0.1) is 0 Å². The first-order chi connectivity index (χ1) is 31.8. The maximum Gasteiger partial charge on any atom is 0.187 e. The fourth-order valence-corrected chi connectivity index (χ4v) is 8.50. The molecule has 0 spiro atoms. The van der Waals surface area contributed by atoms with Crippen LogP contribution < -0.4 is 0 Å². The number of aliphatic hydroxyl groups is 20. The summed E-state index contributed by atoms with van der Waals surface area (Å²) >= 11 is 0. The molecule has 6 aliphatic rings. The molecular formula is C36H62O31. The molecule has 6 aliphatic heterocycles. The first-order valence-corrected chi connectivity index (χ1v) is 21.1. The van der Waals surface area contributed by atoms with Gasteiger partial charge >= 0.3 is 0 Å². The Bertz CT molecular complexity index is 1500. The second kappa shape index (κ2) is 23.5. The highest BCUT2D eigenvalue weighted by Gasteiger charge is 2.57. The lowest BCUT2D eigenvalue weighted by atomic mass is 9.95. The Balaban J connectivity index is 1.11. The molecule has 13 unspecified atom stereocenters. The molecule has 31 heteroatoms. The number of hydrogen-bond acceptors (Lipinski definition) is 31. The number of hydrogen-bond donors (Lipinski definition) is 20. The summed E-state index contributed by atoms with van der Waals surface area (Å²) in [7, 11) is 0. The molecular weight excluding hydrogens is 928 g/mol. The highest BCUT2D eigenvalue weighted by atomic mass is 16.8. The van der Waals surface area contributed by atoms with Crippen molar-refractivity contribution >= 4 is 0 Å². The van der Waals surface area contributed by atoms with Crippen molar-refractivity contribution in [1.29, 1.82) is 0 Å². The molecule has 6 fully saturated rings. The van der Waals surface area contributed by atoms with Crippen LogP contribution >= 0.6 is 0 Å². The molecule has 6 heterocycles. The number of rotatable bonds is 16. The Morgan fingerprint density at radius 1 is 0.224 bits per heavy atom. The first kappa shape index (κ1) is 55.1. The van der Waals surface area contributed by atoms with Crippen molar-refractivity contribution in [2.75, 3.05) is 39.6 Å². The van der Waals surface area contributed by atoms with Gasteiger partial charge in [0.25, 0.3) is 0 Å². The number of ether oxygens (including phenoxy) is 11. The lowest BCUT2D eigenvalue weighted by Crippen LogP contribution is -2.68. The molecule has 0 radical (unpaired) electrons. The summed E-state index contributed by atoms with van der Waals surface area (Å²) < 4.78 is 60.9. The van der Waals surface area contributed by atoms with Gasteiger partial charge in [-0.15, -0.1) is 0 Å². The normalized spacial score (nSPS) is 53.4. The Morgan fingerprint density at radius 3 is 0.821 bits per heavy atom. The van der Waals surface area contributed by atoms with E-state index in [1.54, 1.807) is 0 Å². The van der Waals surface area contributed by atoms with E-state index < -0.39 is 224 Å². The van der Waals surface area contributed by atoms with Crippen molar-refractivity contribution in [3.63, 3.8) is 0 Å². The first-order valence-electron chi connectivity index (χ1n) is 21.1. The average Bonchev–Trinajstić information content (AvgIpc) is 3.32. The fraction of sp³-hybridized carbons (Fsp3) is 1.00. The SMILES string of the molecule is OCC1O[C@H](OC2[C@@H](O[C@@H]3C(CO)O[C@H](O[C@@H]4C(CO)O[C@H](O[C@@H]5C(CO)O[C@H](O[C@@H]6C(CO)O[C@@H](O)C(O)[C@H]6O)C(O)[C@H]5O)C(O)[C@H]4O)C(O)[C@H]3O)OC(CO)[C@@H](O)[C@@H]2O)C(O)C(O)[C@@H]1O. The van der Waals surface area contributed by atoms with E-state index in [2.05, 4.69) is 0 Å². The molecule has 0 aromatic carbocycles. The van der Waals surface area contributed by atoms with Gasteiger partial charge < -0.3 is 154 Å². The van der Waals surface area contributed by atoms with Crippen LogP contribution in [-0.2, 0) is 52.1 Å². The maximum atomic E-state index is 11.3. The minimum atomic E-state index is -2.21. The van der Waals surface area contributed by atoms with E-state index in [-0.39, 0.29) is 0 Å². The summed E-state index contributed by atoms with van der Waals surface area (Å²) in [5, 5.41) is 210. The molecule has 0 saturated carbocycles. The molecule has 0 aliphatic carbocycles. The maximum absolute atomic E-state index is 11.3. The fourth-order valence-electron chi connectivity index (χ4n) is 8.50. The van der Waals surface area contributed by atoms with E-state index in [0.717, 1.165) is 0 Å². The molecule has 6 saturated heterocycles. The van der Waals surface area contributed by atoms with E-state index in [1.807, 2.05) is 0 Å². The van der Waals surface area contributed by atoms with E-state index >= 15 is 0 Å². The summed E-state index contributed by atoms with van der Waals surface area (Å²) in [6, 6.07) is 0. The van der Waals surface area contributed by atoms with E-state index in [9.17, 15) is 102 Å². The van der Waals surface area contributed by atoms with Crippen LogP contribution in [0.1, 0.15) is 0 Å². The quantitative estimate of drug-likeness (QED) is 0.0683. The van der Waals surface area contributed by atoms with Gasteiger partial charge in [-0.3, -0.25) is 0 Å². The predicted octanol–water partition coefficient (Wildman–Crippen LogP) is -14.1. The zero-order valence-corrected chi connectivity index (χ0v) is 35.0. The van der Waals surface area contributed by atoms with Crippen LogP contribution in [0.4, 0.5) is 0 Å². The Morgan fingerprint density at radius 2 is 0.463 bits per heavy atom. The van der Waals surface area contributed by atoms with Gasteiger partial charge in [-0.25, -0.2) is 0 Å². The zero-order chi connectivity index (χ0) is 49.3. The second-order valence-electron chi connectivity index (χ2n) is 16.8. The molecule has 0 amide bonds. The van der Waals surface area contributed by atoms with Crippen molar-refractivity contribution in [2.45, 2.75) is 184 Å². The predicted molar refractivity (Wildman–Crippen MR) is 199 cm³/mol. The van der Waals surface area contributed by atoms with Crippen LogP contribution in [0.2, 0.25) is 0 Å². The Kier molecular flexibility index (Phi) is 19.4. The van der Waals surface area contributed by atoms with Gasteiger partial charge in [-0.1, -0.05) is 0 Å². The Hall–Kier alpha value is -1.24. The highest BCUT2D eigenvalue weighted by Crippen LogP contribution is 2.37. The smallest absolute Gasteiger partial charge is 0.187 e. The topological polar surface area (TPSA) is 506 Å². The van der Waals surface area contributed by atoms with Crippen LogP contribution in [0.3, 0.4) is 0 Å². The van der Waals surface area contributed by atoms with Gasteiger partial charge in [0.2, 0.25) is 0 Å². The third kappa shape index (κ3) is 11.2. The standard InChI is InChI=1S/C36H62O31/c37-1-7-13(43)15(45)22(52)32(58-7)67-30-16(46)14(44)8(2-38)59-36(30)66-29-12(6-42)62-35(25(55)20(29)50)65-28-11(5-41)61-34(24(54)19(28)49)64-27-10(4-40)60-33(23(53)18(27)48)63-26-9(3-39)57-31(56)21(51)17(26)47/h7-56H,1-6H2/t7?,8?,9?,10?,11?,12?,13-,14-,15?,16+,17-,18-,19-,20-,21?,22?,23?,24?,25?,26-,27-,28-,29-,30?,31-,32-,33-,34-,35-,36-/m1/s1. The molecule has 0 aromatic rings. The minimum Gasteiger partial charge on any atom is -0.394 e. The molecule has 392 valence electrons. The number of aliphatic hydroxyl groups excluding tert-OH is 20. The van der Waals surface area contributed by atoms with Crippen molar-refractivity contribution in [3.05, 3.63) is 0 Å². The summed E-state index contributed by atoms with van der Waals surface area (Å²) in [6.07, 6.45) is -57.2. The average molecular weight is 991 g/mol. The van der Waals surface area contributed by atoms with Gasteiger partial charge in [0.15, 0.2) is 37.7 Å². The summed E-state index contributed by atoms with van der Waals surface area (Å²) in [5.74, 6) is 0. The minimum absolute atomic E-state index is 0.860. The van der Waals surface area contributed by atoms with Gasteiger partial charge in [0, 0.05) is 0 Å². The molecule has 67 heavy (non-hydrogen) atoms. The molecule has 31 nitrogen and oxygen atoms in total. The zero-order valence-electron chi connectivity index (χ0n) is 35.0. The van der Waals surface area contributed by atoms with Crippen LogP contribution in [0.5, 0.6) is 0 Å². The van der Waals surface area contributed by atoms with Gasteiger partial charge in [-0.05, 0) is 0 Å². The molecule has 20 N–H and O–H groups in total. The molecule has 0 bridgehead atoms. The van der Waals surface area contributed by atoms with Gasteiger partial charge in [0.1, 0.15) is 146 Å². The second-order valence-corrected chi connectivity index (χ2v) is 16.8. The summed E-state index contributed by atoms with van der Waals surface area (Å²) in [4.78, 5) is 0. The third-order valence-electron chi connectivity index (χ3n) is 12.4. The van der Waals surface area contributed by atoms with Crippen LogP contribution in [-0.4, -0.2) is 326 Å². The lowest BCUT2D eigenvalue weighted by Gasteiger charge is -2.50. The van der Waals surface area contributed by atoms with E-state index in [1.165, 1.54) is 0 Å². The highest BCUT2D eigenvalue weighted by molar-refractivity contribution is 5.00. The van der Waals surface area contributed by atoms with E-state index in [4.69, 9.17) is 52.1 Å². The Labute approximate surface area is 378 Å².